The Morgan fingerprint density at radius 2 is 2.05 bits per heavy atom. The molecule has 6 nitrogen and oxygen atoms in total. The van der Waals surface area contributed by atoms with Crippen molar-refractivity contribution in [2.24, 2.45) is 5.92 Å². The van der Waals surface area contributed by atoms with Crippen molar-refractivity contribution in [3.8, 4) is 0 Å². The van der Waals surface area contributed by atoms with Gasteiger partial charge in [-0.1, -0.05) is 25.4 Å². The van der Waals surface area contributed by atoms with Crippen LogP contribution in [0.5, 0.6) is 0 Å². The molecule has 116 valence electrons. The van der Waals surface area contributed by atoms with Gasteiger partial charge in [0, 0.05) is 12.1 Å². The highest BCUT2D eigenvalue weighted by Gasteiger charge is 2.18. The molecule has 0 bridgehead atoms. The molecule has 1 aromatic carbocycles. The Labute approximate surface area is 128 Å². The first-order chi connectivity index (χ1) is 9.85. The van der Waals surface area contributed by atoms with Gasteiger partial charge in [-0.15, -0.1) is 0 Å². The van der Waals surface area contributed by atoms with Crippen molar-refractivity contribution in [3.63, 3.8) is 0 Å². The molecule has 2 amide bonds. The summed E-state index contributed by atoms with van der Waals surface area (Å²) < 4.78 is 5.04. The largest absolute Gasteiger partial charge is 0.478 e. The van der Waals surface area contributed by atoms with Crippen LogP contribution in [-0.4, -0.2) is 36.9 Å². The zero-order valence-corrected chi connectivity index (χ0v) is 12.9. The van der Waals surface area contributed by atoms with E-state index in [-0.39, 0.29) is 23.2 Å². The number of hydrogen-bond acceptors (Lipinski definition) is 3. The summed E-state index contributed by atoms with van der Waals surface area (Å²) in [5.41, 5.74) is 0.120. The fraction of sp³-hybridized carbons (Fsp3) is 0.429. The molecular formula is C14H19ClN2O4. The van der Waals surface area contributed by atoms with Crippen molar-refractivity contribution in [1.29, 1.82) is 0 Å². The predicted octanol–water partition coefficient (Wildman–Crippen LogP) is 2.83. The van der Waals surface area contributed by atoms with Crippen LogP contribution in [0.2, 0.25) is 5.02 Å². The van der Waals surface area contributed by atoms with Gasteiger partial charge in [-0.2, -0.15) is 0 Å². The molecule has 1 unspecified atom stereocenters. The number of carbonyl (C=O) groups is 2. The number of hydrogen-bond donors (Lipinski definition) is 3. The van der Waals surface area contributed by atoms with Gasteiger partial charge >= 0.3 is 12.0 Å². The Balaban J connectivity index is 2.83. The molecule has 7 heteroatoms. The molecule has 21 heavy (non-hydrogen) atoms. The average Bonchev–Trinajstić information content (AvgIpc) is 2.37. The summed E-state index contributed by atoms with van der Waals surface area (Å²) in [7, 11) is 1.55. The monoisotopic (exact) mass is 314 g/mol. The SMILES string of the molecule is COCC(NC(=O)Nc1cc(Cl)ccc1C(=O)O)C(C)C. The van der Waals surface area contributed by atoms with Gasteiger partial charge in [0.25, 0.3) is 0 Å². The molecule has 0 fully saturated rings. The molecular weight excluding hydrogens is 296 g/mol. The van der Waals surface area contributed by atoms with Crippen molar-refractivity contribution in [1.82, 2.24) is 5.32 Å². The minimum absolute atomic E-state index is 0.0256. The van der Waals surface area contributed by atoms with Gasteiger partial charge in [0.1, 0.15) is 0 Å². The highest BCUT2D eigenvalue weighted by Crippen LogP contribution is 2.21. The van der Waals surface area contributed by atoms with E-state index in [0.29, 0.717) is 11.6 Å². The lowest BCUT2D eigenvalue weighted by Crippen LogP contribution is -2.43. The first-order valence-corrected chi connectivity index (χ1v) is 6.82. The summed E-state index contributed by atoms with van der Waals surface area (Å²) in [6, 6.07) is 3.51. The van der Waals surface area contributed by atoms with E-state index in [0.717, 1.165) is 0 Å². The van der Waals surface area contributed by atoms with Gasteiger partial charge in [0.15, 0.2) is 0 Å². The van der Waals surface area contributed by atoms with E-state index in [1.807, 2.05) is 13.8 Å². The topological polar surface area (TPSA) is 87.7 Å². The average molecular weight is 315 g/mol. The van der Waals surface area contributed by atoms with Crippen molar-refractivity contribution < 1.29 is 19.4 Å². The zero-order chi connectivity index (χ0) is 16.0. The van der Waals surface area contributed by atoms with Crippen molar-refractivity contribution >= 4 is 29.3 Å². The summed E-state index contributed by atoms with van der Waals surface area (Å²) in [4.78, 5) is 23.1. The minimum Gasteiger partial charge on any atom is -0.478 e. The number of carboxylic acid groups (broad SMARTS) is 1. The molecule has 0 heterocycles. The number of benzene rings is 1. The number of anilines is 1. The maximum atomic E-state index is 12.0. The fourth-order valence-electron chi connectivity index (χ4n) is 1.71. The first-order valence-electron chi connectivity index (χ1n) is 6.44. The lowest BCUT2D eigenvalue weighted by molar-refractivity contribution is 0.0698. The molecule has 0 radical (unpaired) electrons. The van der Waals surface area contributed by atoms with Crippen LogP contribution in [0.1, 0.15) is 24.2 Å². The van der Waals surface area contributed by atoms with Crippen molar-refractivity contribution in [2.45, 2.75) is 19.9 Å². The van der Waals surface area contributed by atoms with Crippen LogP contribution in [0, 0.1) is 5.92 Å². The normalized spacial score (nSPS) is 12.0. The van der Waals surface area contributed by atoms with Gasteiger partial charge in [-0.3, -0.25) is 0 Å². The molecule has 1 aromatic rings. The molecule has 0 spiro atoms. The molecule has 0 aliphatic heterocycles. The molecule has 0 saturated carbocycles. The van der Waals surface area contributed by atoms with E-state index < -0.39 is 12.0 Å². The second kappa shape index (κ2) is 7.85. The third-order valence-corrected chi connectivity index (χ3v) is 3.16. The Bertz CT molecular complexity index is 520. The van der Waals surface area contributed by atoms with Crippen LogP contribution < -0.4 is 10.6 Å². The number of nitrogens with one attached hydrogen (secondary N) is 2. The summed E-state index contributed by atoms with van der Waals surface area (Å²) in [6.45, 7) is 4.27. The van der Waals surface area contributed by atoms with Gasteiger partial charge in [0.05, 0.1) is 23.9 Å². The van der Waals surface area contributed by atoms with Crippen LogP contribution in [0.25, 0.3) is 0 Å². The molecule has 3 N–H and O–H groups in total. The van der Waals surface area contributed by atoms with Gasteiger partial charge in [-0.05, 0) is 24.1 Å². The molecule has 0 aliphatic rings. The third-order valence-electron chi connectivity index (χ3n) is 2.93. The molecule has 1 rings (SSSR count). The summed E-state index contributed by atoms with van der Waals surface area (Å²) in [5, 5.41) is 14.7. The Morgan fingerprint density at radius 3 is 2.57 bits per heavy atom. The second-order valence-electron chi connectivity index (χ2n) is 4.90. The summed E-state index contributed by atoms with van der Waals surface area (Å²) >= 11 is 5.83. The molecule has 1 atom stereocenters. The number of halogens is 1. The minimum atomic E-state index is -1.14. The third kappa shape index (κ3) is 5.24. The predicted molar refractivity (Wildman–Crippen MR) is 81.1 cm³/mol. The lowest BCUT2D eigenvalue weighted by Gasteiger charge is -2.22. The van der Waals surface area contributed by atoms with Crippen LogP contribution in [0.3, 0.4) is 0 Å². The summed E-state index contributed by atoms with van der Waals surface area (Å²) in [5.74, 6) is -0.965. The van der Waals surface area contributed by atoms with Crippen LogP contribution in [0.15, 0.2) is 18.2 Å². The van der Waals surface area contributed by atoms with Crippen molar-refractivity contribution in [3.05, 3.63) is 28.8 Å². The van der Waals surface area contributed by atoms with Crippen LogP contribution in [0.4, 0.5) is 10.5 Å². The molecule has 0 aliphatic carbocycles. The quantitative estimate of drug-likeness (QED) is 0.753. The maximum Gasteiger partial charge on any atom is 0.337 e. The number of ether oxygens (including phenoxy) is 1. The standard InChI is InChI=1S/C14H19ClN2O4/c1-8(2)12(7-21-3)17-14(20)16-11-6-9(15)4-5-10(11)13(18)19/h4-6,8,12H,7H2,1-3H3,(H,18,19)(H2,16,17,20). The fourth-order valence-corrected chi connectivity index (χ4v) is 1.89. The highest BCUT2D eigenvalue weighted by molar-refractivity contribution is 6.31. The van der Waals surface area contributed by atoms with E-state index in [4.69, 9.17) is 21.4 Å². The Kier molecular flexibility index (Phi) is 6.45. The van der Waals surface area contributed by atoms with Gasteiger partial charge < -0.3 is 20.5 Å². The lowest BCUT2D eigenvalue weighted by atomic mass is 10.1. The number of rotatable bonds is 6. The molecule has 0 saturated heterocycles. The number of aromatic carboxylic acids is 1. The number of carboxylic acids is 1. The van der Waals surface area contributed by atoms with Gasteiger partial charge in [0.2, 0.25) is 0 Å². The number of methoxy groups -OCH3 is 1. The van der Waals surface area contributed by atoms with Crippen LogP contribution >= 0.6 is 11.6 Å². The smallest absolute Gasteiger partial charge is 0.337 e. The maximum absolute atomic E-state index is 12.0. The Morgan fingerprint density at radius 1 is 1.38 bits per heavy atom. The van der Waals surface area contributed by atoms with E-state index in [1.54, 1.807) is 7.11 Å². The van der Waals surface area contributed by atoms with Gasteiger partial charge in [-0.25, -0.2) is 9.59 Å². The van der Waals surface area contributed by atoms with E-state index in [9.17, 15) is 9.59 Å². The first kappa shape index (κ1) is 17.3. The Hall–Kier alpha value is -1.79. The second-order valence-corrected chi connectivity index (χ2v) is 5.34. The van der Waals surface area contributed by atoms with E-state index in [1.165, 1.54) is 18.2 Å². The van der Waals surface area contributed by atoms with Crippen molar-refractivity contribution in [2.75, 3.05) is 19.0 Å². The molecule has 0 aromatic heterocycles. The van der Waals surface area contributed by atoms with E-state index in [2.05, 4.69) is 10.6 Å². The highest BCUT2D eigenvalue weighted by atomic mass is 35.5. The van der Waals surface area contributed by atoms with E-state index >= 15 is 0 Å². The zero-order valence-electron chi connectivity index (χ0n) is 12.1. The van der Waals surface area contributed by atoms with Crippen LogP contribution in [-0.2, 0) is 4.74 Å². The number of carbonyl (C=O) groups excluding carboxylic acids is 1. The number of urea groups is 1. The number of amides is 2. The summed E-state index contributed by atoms with van der Waals surface area (Å²) in [6.07, 6.45) is 0.